The van der Waals surface area contributed by atoms with Gasteiger partial charge in [0.15, 0.2) is 5.82 Å². The lowest BCUT2D eigenvalue weighted by atomic mass is 9.96. The summed E-state index contributed by atoms with van der Waals surface area (Å²) in [6, 6.07) is 2.04. The van der Waals surface area contributed by atoms with E-state index in [0.29, 0.717) is 5.89 Å². The van der Waals surface area contributed by atoms with Gasteiger partial charge in [0.25, 0.3) is 0 Å². The highest BCUT2D eigenvalue weighted by Crippen LogP contribution is 2.37. The van der Waals surface area contributed by atoms with Crippen LogP contribution in [0.25, 0.3) is 0 Å². The van der Waals surface area contributed by atoms with Crippen LogP contribution in [0, 0.1) is 6.92 Å². The average Bonchev–Trinajstić information content (AvgIpc) is 3.08. The van der Waals surface area contributed by atoms with E-state index in [-0.39, 0.29) is 5.54 Å². The van der Waals surface area contributed by atoms with Crippen LogP contribution in [0.2, 0.25) is 0 Å². The first-order valence-corrected chi connectivity index (χ1v) is 7.07. The fraction of sp³-hybridized carbons (Fsp3) is 0.583. The maximum atomic E-state index is 5.12. The Hall–Kier alpha value is -1.27. The van der Waals surface area contributed by atoms with Crippen molar-refractivity contribution >= 4 is 11.5 Å². The Labute approximate surface area is 110 Å². The van der Waals surface area contributed by atoms with Gasteiger partial charge in [0.2, 0.25) is 5.89 Å². The number of aryl methyl sites for hydroxylation is 1. The summed E-state index contributed by atoms with van der Waals surface area (Å²) in [7, 11) is 0. The molecule has 1 aliphatic carbocycles. The second kappa shape index (κ2) is 4.78. The Balaban J connectivity index is 1.79. The van der Waals surface area contributed by atoms with Gasteiger partial charge in [0.05, 0.1) is 11.2 Å². The zero-order valence-corrected chi connectivity index (χ0v) is 11.2. The molecule has 96 valence electrons. The molecule has 0 bridgehead atoms. The zero-order chi connectivity index (χ0) is 12.4. The summed E-state index contributed by atoms with van der Waals surface area (Å²) in [4.78, 5) is 4.41. The number of hydrogen-bond acceptors (Lipinski definition) is 6. The first-order valence-electron chi connectivity index (χ1n) is 6.24. The molecule has 2 heterocycles. The SMILES string of the molecule is Cc1nc(C2(NCc3ccsn3)CCCC2)no1. The molecule has 0 amide bonds. The van der Waals surface area contributed by atoms with Gasteiger partial charge in [0, 0.05) is 18.8 Å². The highest BCUT2D eigenvalue weighted by molar-refractivity contribution is 7.03. The summed E-state index contributed by atoms with van der Waals surface area (Å²) in [5, 5.41) is 9.69. The van der Waals surface area contributed by atoms with Crippen LogP contribution in [0.5, 0.6) is 0 Å². The highest BCUT2D eigenvalue weighted by atomic mass is 32.1. The van der Waals surface area contributed by atoms with Crippen molar-refractivity contribution in [3.05, 3.63) is 28.9 Å². The fourth-order valence-corrected chi connectivity index (χ4v) is 3.08. The molecule has 6 heteroatoms. The lowest BCUT2D eigenvalue weighted by molar-refractivity contribution is 0.297. The van der Waals surface area contributed by atoms with Gasteiger partial charge < -0.3 is 4.52 Å². The van der Waals surface area contributed by atoms with Crippen molar-refractivity contribution in [2.45, 2.75) is 44.7 Å². The van der Waals surface area contributed by atoms with E-state index in [4.69, 9.17) is 4.52 Å². The number of nitrogens with one attached hydrogen (secondary N) is 1. The number of rotatable bonds is 4. The largest absolute Gasteiger partial charge is 0.340 e. The van der Waals surface area contributed by atoms with Gasteiger partial charge in [-0.3, -0.25) is 5.32 Å². The van der Waals surface area contributed by atoms with Crippen LogP contribution in [0.15, 0.2) is 16.0 Å². The fourth-order valence-electron chi connectivity index (χ4n) is 2.54. The van der Waals surface area contributed by atoms with Crippen LogP contribution in [0.3, 0.4) is 0 Å². The molecule has 5 nitrogen and oxygen atoms in total. The summed E-state index contributed by atoms with van der Waals surface area (Å²) in [6.07, 6.45) is 4.54. The zero-order valence-electron chi connectivity index (χ0n) is 10.3. The number of nitrogens with zero attached hydrogens (tertiary/aromatic N) is 3. The van der Waals surface area contributed by atoms with E-state index >= 15 is 0 Å². The molecule has 3 rings (SSSR count). The van der Waals surface area contributed by atoms with E-state index < -0.39 is 0 Å². The molecule has 0 aliphatic heterocycles. The van der Waals surface area contributed by atoms with Gasteiger partial charge in [-0.25, -0.2) is 0 Å². The lowest BCUT2D eigenvalue weighted by Gasteiger charge is -2.26. The van der Waals surface area contributed by atoms with Gasteiger partial charge in [-0.1, -0.05) is 18.0 Å². The normalized spacial score (nSPS) is 18.3. The molecule has 0 radical (unpaired) electrons. The predicted octanol–water partition coefficient (Wildman–Crippen LogP) is 2.39. The molecule has 2 aromatic heterocycles. The van der Waals surface area contributed by atoms with Gasteiger partial charge in [-0.15, -0.1) is 0 Å². The third-order valence-corrected chi connectivity index (χ3v) is 4.11. The molecule has 0 atom stereocenters. The summed E-state index contributed by atoms with van der Waals surface area (Å²) in [6.45, 7) is 2.59. The topological polar surface area (TPSA) is 63.8 Å². The van der Waals surface area contributed by atoms with Crippen LogP contribution in [0.4, 0.5) is 0 Å². The van der Waals surface area contributed by atoms with Crippen molar-refractivity contribution in [1.82, 2.24) is 19.8 Å². The third kappa shape index (κ3) is 2.18. The van der Waals surface area contributed by atoms with Crippen LogP contribution < -0.4 is 5.32 Å². The molecule has 0 unspecified atom stereocenters. The molecule has 1 N–H and O–H groups in total. The number of aromatic nitrogens is 3. The molecule has 2 aromatic rings. The Morgan fingerprint density at radius 3 is 2.89 bits per heavy atom. The van der Waals surface area contributed by atoms with Crippen LogP contribution in [-0.4, -0.2) is 14.5 Å². The van der Waals surface area contributed by atoms with Crippen LogP contribution in [-0.2, 0) is 12.1 Å². The quantitative estimate of drug-likeness (QED) is 0.918. The number of hydrogen-bond donors (Lipinski definition) is 1. The highest BCUT2D eigenvalue weighted by Gasteiger charge is 2.39. The predicted molar refractivity (Wildman–Crippen MR) is 68.1 cm³/mol. The Kier molecular flexibility index (Phi) is 3.13. The molecule has 18 heavy (non-hydrogen) atoms. The van der Waals surface area contributed by atoms with Crippen molar-refractivity contribution in [2.24, 2.45) is 0 Å². The van der Waals surface area contributed by atoms with Crippen molar-refractivity contribution in [3.63, 3.8) is 0 Å². The monoisotopic (exact) mass is 264 g/mol. The molecule has 0 aromatic carbocycles. The van der Waals surface area contributed by atoms with Crippen molar-refractivity contribution < 1.29 is 4.52 Å². The van der Waals surface area contributed by atoms with E-state index in [0.717, 1.165) is 30.9 Å². The Bertz CT molecular complexity index is 502. The van der Waals surface area contributed by atoms with Crippen LogP contribution in [0.1, 0.15) is 43.1 Å². The summed E-state index contributed by atoms with van der Waals surface area (Å²) >= 11 is 1.48. The van der Waals surface area contributed by atoms with E-state index in [9.17, 15) is 0 Å². The van der Waals surface area contributed by atoms with Gasteiger partial charge in [-0.2, -0.15) is 9.36 Å². The van der Waals surface area contributed by atoms with E-state index in [2.05, 4.69) is 19.8 Å². The first-order chi connectivity index (χ1) is 8.78. The standard InChI is InChI=1S/C12H16N4OS/c1-9-14-11(15-17-9)12(5-2-3-6-12)13-8-10-4-7-18-16-10/h4,7,13H,2-3,5-6,8H2,1H3. The molecule has 0 spiro atoms. The molecular formula is C12H16N4OS. The minimum Gasteiger partial charge on any atom is -0.340 e. The average molecular weight is 264 g/mol. The second-order valence-electron chi connectivity index (χ2n) is 4.77. The van der Waals surface area contributed by atoms with E-state index in [1.165, 1.54) is 24.4 Å². The minimum absolute atomic E-state index is 0.124. The summed E-state index contributed by atoms with van der Waals surface area (Å²) < 4.78 is 9.45. The smallest absolute Gasteiger partial charge is 0.223 e. The summed E-state index contributed by atoms with van der Waals surface area (Å²) in [5.41, 5.74) is 0.952. The second-order valence-corrected chi connectivity index (χ2v) is 5.44. The van der Waals surface area contributed by atoms with Crippen LogP contribution >= 0.6 is 11.5 Å². The van der Waals surface area contributed by atoms with E-state index in [1.807, 2.05) is 18.4 Å². The van der Waals surface area contributed by atoms with Gasteiger partial charge in [0.1, 0.15) is 0 Å². The Morgan fingerprint density at radius 2 is 2.28 bits per heavy atom. The molecular weight excluding hydrogens is 248 g/mol. The molecule has 1 fully saturated rings. The van der Waals surface area contributed by atoms with E-state index in [1.54, 1.807) is 0 Å². The molecule has 1 aliphatic rings. The maximum Gasteiger partial charge on any atom is 0.223 e. The van der Waals surface area contributed by atoms with Crippen molar-refractivity contribution in [3.8, 4) is 0 Å². The Morgan fingerprint density at radius 1 is 1.44 bits per heavy atom. The first kappa shape index (κ1) is 11.8. The third-order valence-electron chi connectivity index (χ3n) is 3.51. The summed E-state index contributed by atoms with van der Waals surface area (Å²) in [5.74, 6) is 1.43. The molecule has 0 saturated heterocycles. The van der Waals surface area contributed by atoms with Crippen molar-refractivity contribution in [2.75, 3.05) is 0 Å². The van der Waals surface area contributed by atoms with Crippen molar-refractivity contribution in [1.29, 1.82) is 0 Å². The van der Waals surface area contributed by atoms with Gasteiger partial charge >= 0.3 is 0 Å². The van der Waals surface area contributed by atoms with Gasteiger partial charge in [-0.05, 0) is 30.4 Å². The minimum atomic E-state index is -0.124. The lowest BCUT2D eigenvalue weighted by Crippen LogP contribution is -2.40. The molecule has 1 saturated carbocycles. The maximum absolute atomic E-state index is 5.12.